The molecule has 0 unspecified atom stereocenters. The van der Waals surface area contributed by atoms with E-state index in [1.807, 2.05) is 4.68 Å². The molecule has 0 saturated heterocycles. The molecular formula is C9H12BrN3. The monoisotopic (exact) mass is 241 g/mol. The highest BCUT2D eigenvalue weighted by molar-refractivity contribution is 9.10. The molecule has 0 aliphatic rings. The minimum absolute atomic E-state index is 0.426. The fourth-order valence-corrected chi connectivity index (χ4v) is 2.03. The lowest BCUT2D eigenvalue weighted by atomic mass is 10.1. The zero-order valence-corrected chi connectivity index (χ0v) is 9.37. The van der Waals surface area contributed by atoms with E-state index in [-0.39, 0.29) is 0 Å². The van der Waals surface area contributed by atoms with E-state index in [9.17, 15) is 0 Å². The molecule has 0 amide bonds. The summed E-state index contributed by atoms with van der Waals surface area (Å²) in [4.78, 5) is 0. The SMILES string of the molecule is CC(C)c1c(Br)cnn1CCC#N. The number of nitrogens with zero attached hydrogens (tertiary/aromatic N) is 3. The number of rotatable bonds is 3. The Labute approximate surface area is 86.5 Å². The first kappa shape index (κ1) is 10.3. The molecule has 1 rings (SSSR count). The van der Waals surface area contributed by atoms with Gasteiger partial charge in [0.15, 0.2) is 0 Å². The number of hydrogen-bond acceptors (Lipinski definition) is 2. The third kappa shape index (κ3) is 2.31. The Bertz CT molecular complexity index is 322. The van der Waals surface area contributed by atoms with Gasteiger partial charge in [0.05, 0.1) is 35.4 Å². The lowest BCUT2D eigenvalue weighted by Gasteiger charge is -2.08. The van der Waals surface area contributed by atoms with E-state index >= 15 is 0 Å². The third-order valence-electron chi connectivity index (χ3n) is 1.82. The fourth-order valence-electron chi connectivity index (χ4n) is 1.28. The van der Waals surface area contributed by atoms with Crippen molar-refractivity contribution in [2.24, 2.45) is 0 Å². The lowest BCUT2D eigenvalue weighted by molar-refractivity contribution is 0.574. The Morgan fingerprint density at radius 1 is 1.69 bits per heavy atom. The minimum atomic E-state index is 0.426. The van der Waals surface area contributed by atoms with Crippen molar-refractivity contribution in [1.29, 1.82) is 5.26 Å². The summed E-state index contributed by atoms with van der Waals surface area (Å²) in [6.07, 6.45) is 2.29. The zero-order chi connectivity index (χ0) is 9.84. The van der Waals surface area contributed by atoms with E-state index in [0.717, 1.165) is 10.2 Å². The van der Waals surface area contributed by atoms with E-state index in [0.29, 0.717) is 18.9 Å². The van der Waals surface area contributed by atoms with Crippen LogP contribution in [0.1, 0.15) is 31.9 Å². The first-order valence-corrected chi connectivity index (χ1v) is 5.04. The normalized spacial score (nSPS) is 10.4. The predicted octanol–water partition coefficient (Wildman–Crippen LogP) is 2.68. The molecule has 0 atom stereocenters. The van der Waals surface area contributed by atoms with Gasteiger partial charge in [0.25, 0.3) is 0 Å². The fraction of sp³-hybridized carbons (Fsp3) is 0.556. The van der Waals surface area contributed by atoms with Gasteiger partial charge in [-0.1, -0.05) is 13.8 Å². The maximum absolute atomic E-state index is 8.46. The molecular weight excluding hydrogens is 230 g/mol. The summed E-state index contributed by atoms with van der Waals surface area (Å²) in [5.41, 5.74) is 1.16. The first-order chi connectivity index (χ1) is 6.16. The van der Waals surface area contributed by atoms with Crippen LogP contribution in [0.4, 0.5) is 0 Å². The molecule has 0 fully saturated rings. The van der Waals surface area contributed by atoms with Crippen molar-refractivity contribution in [2.75, 3.05) is 0 Å². The molecule has 1 aromatic heterocycles. The number of halogens is 1. The molecule has 0 aliphatic carbocycles. The Hall–Kier alpha value is -0.820. The van der Waals surface area contributed by atoms with E-state index in [1.165, 1.54) is 0 Å². The van der Waals surface area contributed by atoms with Gasteiger partial charge in [0.2, 0.25) is 0 Å². The number of hydrogen-bond donors (Lipinski definition) is 0. The van der Waals surface area contributed by atoms with Crippen LogP contribution in [0.5, 0.6) is 0 Å². The van der Waals surface area contributed by atoms with Gasteiger partial charge in [-0.25, -0.2) is 0 Å². The van der Waals surface area contributed by atoms with Crippen molar-refractivity contribution < 1.29 is 0 Å². The van der Waals surface area contributed by atoms with Crippen molar-refractivity contribution in [2.45, 2.75) is 32.7 Å². The van der Waals surface area contributed by atoms with Crippen molar-refractivity contribution >= 4 is 15.9 Å². The quantitative estimate of drug-likeness (QED) is 0.817. The van der Waals surface area contributed by atoms with Crippen LogP contribution in [0.15, 0.2) is 10.7 Å². The maximum Gasteiger partial charge on any atom is 0.0641 e. The van der Waals surface area contributed by atoms with Crippen LogP contribution < -0.4 is 0 Å². The molecule has 1 aromatic rings. The average Bonchev–Trinajstić information content (AvgIpc) is 2.43. The van der Waals surface area contributed by atoms with Crippen LogP contribution in [-0.4, -0.2) is 9.78 Å². The average molecular weight is 242 g/mol. The van der Waals surface area contributed by atoms with Gasteiger partial charge >= 0.3 is 0 Å². The van der Waals surface area contributed by atoms with Gasteiger partial charge < -0.3 is 0 Å². The lowest BCUT2D eigenvalue weighted by Crippen LogP contribution is -2.06. The number of nitriles is 1. The second-order valence-corrected chi connectivity index (χ2v) is 4.02. The summed E-state index contributed by atoms with van der Waals surface area (Å²) in [7, 11) is 0. The molecule has 4 heteroatoms. The summed E-state index contributed by atoms with van der Waals surface area (Å²) in [6, 6.07) is 2.12. The van der Waals surface area contributed by atoms with Crippen molar-refractivity contribution in [1.82, 2.24) is 9.78 Å². The summed E-state index contributed by atoms with van der Waals surface area (Å²) in [6.45, 7) is 4.91. The molecule has 0 radical (unpaired) electrons. The van der Waals surface area contributed by atoms with E-state index in [1.54, 1.807) is 6.20 Å². The molecule has 0 aromatic carbocycles. The largest absolute Gasteiger partial charge is 0.267 e. The Kier molecular flexibility index (Phi) is 3.49. The van der Waals surface area contributed by atoms with E-state index in [2.05, 4.69) is 40.9 Å². The van der Waals surface area contributed by atoms with Crippen LogP contribution in [0.3, 0.4) is 0 Å². The highest BCUT2D eigenvalue weighted by atomic mass is 79.9. The van der Waals surface area contributed by atoms with Crippen molar-refractivity contribution in [3.63, 3.8) is 0 Å². The van der Waals surface area contributed by atoms with Crippen LogP contribution >= 0.6 is 15.9 Å². The highest BCUT2D eigenvalue weighted by Crippen LogP contribution is 2.24. The maximum atomic E-state index is 8.46. The molecule has 0 bridgehead atoms. The summed E-state index contributed by atoms with van der Waals surface area (Å²) in [5.74, 6) is 0.426. The van der Waals surface area contributed by atoms with Crippen LogP contribution in [0.25, 0.3) is 0 Å². The van der Waals surface area contributed by atoms with Crippen LogP contribution in [-0.2, 0) is 6.54 Å². The van der Waals surface area contributed by atoms with Crippen molar-refractivity contribution in [3.8, 4) is 6.07 Å². The Balaban J connectivity index is 2.88. The molecule has 13 heavy (non-hydrogen) atoms. The van der Waals surface area contributed by atoms with Gasteiger partial charge in [-0.2, -0.15) is 10.4 Å². The van der Waals surface area contributed by atoms with Gasteiger partial charge in [-0.15, -0.1) is 0 Å². The molecule has 1 heterocycles. The standard InChI is InChI=1S/C9H12BrN3/c1-7(2)9-8(10)6-12-13(9)5-3-4-11/h6-7H,3,5H2,1-2H3. The first-order valence-electron chi connectivity index (χ1n) is 4.25. The Morgan fingerprint density at radius 3 is 2.92 bits per heavy atom. The zero-order valence-electron chi connectivity index (χ0n) is 7.79. The second-order valence-electron chi connectivity index (χ2n) is 3.16. The van der Waals surface area contributed by atoms with E-state index < -0.39 is 0 Å². The molecule has 0 spiro atoms. The molecule has 70 valence electrons. The smallest absolute Gasteiger partial charge is 0.0641 e. The summed E-state index contributed by atoms with van der Waals surface area (Å²) >= 11 is 3.44. The summed E-state index contributed by atoms with van der Waals surface area (Å²) in [5, 5.41) is 12.7. The number of aromatic nitrogens is 2. The molecule has 0 aliphatic heterocycles. The van der Waals surface area contributed by atoms with Crippen LogP contribution in [0.2, 0.25) is 0 Å². The molecule has 0 N–H and O–H groups in total. The van der Waals surface area contributed by atoms with Crippen molar-refractivity contribution in [3.05, 3.63) is 16.4 Å². The molecule has 0 saturated carbocycles. The second kappa shape index (κ2) is 4.43. The predicted molar refractivity (Wildman–Crippen MR) is 54.2 cm³/mol. The van der Waals surface area contributed by atoms with Gasteiger partial charge in [0, 0.05) is 0 Å². The third-order valence-corrected chi connectivity index (χ3v) is 2.43. The minimum Gasteiger partial charge on any atom is -0.267 e. The topological polar surface area (TPSA) is 41.6 Å². The van der Waals surface area contributed by atoms with Gasteiger partial charge in [-0.05, 0) is 21.8 Å². The van der Waals surface area contributed by atoms with Gasteiger partial charge in [0.1, 0.15) is 0 Å². The van der Waals surface area contributed by atoms with Gasteiger partial charge in [-0.3, -0.25) is 4.68 Å². The molecule has 3 nitrogen and oxygen atoms in total. The number of aryl methyl sites for hydroxylation is 1. The summed E-state index contributed by atoms with van der Waals surface area (Å²) < 4.78 is 2.92. The highest BCUT2D eigenvalue weighted by Gasteiger charge is 2.11. The van der Waals surface area contributed by atoms with E-state index in [4.69, 9.17) is 5.26 Å². The Morgan fingerprint density at radius 2 is 2.38 bits per heavy atom. The van der Waals surface area contributed by atoms with Crippen LogP contribution in [0, 0.1) is 11.3 Å².